The van der Waals surface area contributed by atoms with Crippen molar-refractivity contribution in [2.75, 3.05) is 26.2 Å². The van der Waals surface area contributed by atoms with Crippen LogP contribution in [0.5, 0.6) is 0 Å². The minimum Gasteiger partial charge on any atom is -0.481 e. The molecule has 0 aliphatic carbocycles. The van der Waals surface area contributed by atoms with Crippen molar-refractivity contribution in [2.45, 2.75) is 22.3 Å². The van der Waals surface area contributed by atoms with Crippen LogP contribution >= 0.6 is 12.4 Å². The molecule has 1 aliphatic rings. The van der Waals surface area contributed by atoms with Gasteiger partial charge in [0.15, 0.2) is 0 Å². The first-order valence-corrected chi connectivity index (χ1v) is 9.91. The van der Waals surface area contributed by atoms with Crippen molar-refractivity contribution in [3.63, 3.8) is 0 Å². The molecule has 1 heterocycles. The van der Waals surface area contributed by atoms with Crippen LogP contribution in [0, 0.1) is 0 Å². The van der Waals surface area contributed by atoms with Gasteiger partial charge in [-0.1, -0.05) is 36.4 Å². The smallest absolute Gasteiger partial charge is 0.304 e. The summed E-state index contributed by atoms with van der Waals surface area (Å²) in [6.45, 7) is 1.96. The third-order valence-corrected chi connectivity index (χ3v) is 6.24. The van der Waals surface area contributed by atoms with Gasteiger partial charge in [0.1, 0.15) is 0 Å². The SMILES string of the molecule is Cl.O=C(O)CCN1CCOC(c2ccccc2S(=O)(=O)c2ccccc2)C1. The molecule has 1 unspecified atom stereocenters. The number of sulfone groups is 1. The fourth-order valence-electron chi connectivity index (χ4n) is 3.07. The molecule has 1 aliphatic heterocycles. The van der Waals surface area contributed by atoms with E-state index in [1.807, 2.05) is 4.90 Å². The molecule has 0 aromatic heterocycles. The number of aliphatic carboxylic acids is 1. The molecular weight excluding hydrogens is 390 g/mol. The molecule has 2 aromatic carbocycles. The molecular formula is C19H22ClNO5S. The number of carboxylic acids is 1. The lowest BCUT2D eigenvalue weighted by molar-refractivity contribution is -0.137. The van der Waals surface area contributed by atoms with Crippen molar-refractivity contribution in [1.82, 2.24) is 4.90 Å². The Bertz CT molecular complexity index is 873. The van der Waals surface area contributed by atoms with E-state index >= 15 is 0 Å². The van der Waals surface area contributed by atoms with Gasteiger partial charge in [0.25, 0.3) is 0 Å². The third kappa shape index (κ3) is 5.07. The Morgan fingerprint density at radius 2 is 1.78 bits per heavy atom. The number of carbonyl (C=O) groups is 1. The molecule has 0 radical (unpaired) electrons. The maximum absolute atomic E-state index is 13.0. The summed E-state index contributed by atoms with van der Waals surface area (Å²) < 4.78 is 31.9. The molecule has 1 saturated heterocycles. The second kappa shape index (κ2) is 9.32. The lowest BCUT2D eigenvalue weighted by Gasteiger charge is -2.33. The van der Waals surface area contributed by atoms with Crippen molar-refractivity contribution in [1.29, 1.82) is 0 Å². The minimum absolute atomic E-state index is 0. The van der Waals surface area contributed by atoms with Gasteiger partial charge in [0, 0.05) is 25.2 Å². The zero-order valence-electron chi connectivity index (χ0n) is 14.7. The Hall–Kier alpha value is -1.93. The number of halogens is 1. The first-order valence-electron chi connectivity index (χ1n) is 8.43. The molecule has 8 heteroatoms. The van der Waals surface area contributed by atoms with Gasteiger partial charge in [0.05, 0.1) is 28.9 Å². The average molecular weight is 412 g/mol. The number of morpholine rings is 1. The molecule has 27 heavy (non-hydrogen) atoms. The number of ether oxygens (including phenoxy) is 1. The van der Waals surface area contributed by atoms with Crippen molar-refractivity contribution >= 4 is 28.2 Å². The van der Waals surface area contributed by atoms with Crippen molar-refractivity contribution in [3.05, 3.63) is 60.2 Å². The molecule has 6 nitrogen and oxygen atoms in total. The van der Waals surface area contributed by atoms with Crippen LogP contribution in [-0.2, 0) is 19.4 Å². The van der Waals surface area contributed by atoms with Gasteiger partial charge in [-0.05, 0) is 18.2 Å². The number of benzene rings is 2. The molecule has 2 aromatic rings. The summed E-state index contributed by atoms with van der Waals surface area (Å²) in [6.07, 6.45) is -0.358. The van der Waals surface area contributed by atoms with E-state index in [0.717, 1.165) is 0 Å². The Morgan fingerprint density at radius 3 is 2.48 bits per heavy atom. The molecule has 0 spiro atoms. The van der Waals surface area contributed by atoms with Crippen LogP contribution in [0.15, 0.2) is 64.4 Å². The Balaban J connectivity index is 0.00000261. The van der Waals surface area contributed by atoms with Crippen LogP contribution in [-0.4, -0.2) is 50.6 Å². The van der Waals surface area contributed by atoms with E-state index in [9.17, 15) is 13.2 Å². The second-order valence-electron chi connectivity index (χ2n) is 6.16. The predicted molar refractivity (Wildman–Crippen MR) is 103 cm³/mol. The van der Waals surface area contributed by atoms with Gasteiger partial charge < -0.3 is 9.84 Å². The van der Waals surface area contributed by atoms with E-state index in [4.69, 9.17) is 9.84 Å². The van der Waals surface area contributed by atoms with Gasteiger partial charge in [-0.25, -0.2) is 8.42 Å². The molecule has 3 rings (SSSR count). The van der Waals surface area contributed by atoms with Gasteiger partial charge >= 0.3 is 5.97 Å². The minimum atomic E-state index is -3.65. The van der Waals surface area contributed by atoms with Gasteiger partial charge in [-0.2, -0.15) is 0 Å². The summed E-state index contributed by atoms with van der Waals surface area (Å²) in [4.78, 5) is 13.3. The normalized spacial score (nSPS) is 17.9. The van der Waals surface area contributed by atoms with Crippen LogP contribution in [0.1, 0.15) is 18.1 Å². The summed E-state index contributed by atoms with van der Waals surface area (Å²) in [6, 6.07) is 15.2. The van der Waals surface area contributed by atoms with Crippen molar-refractivity contribution in [3.8, 4) is 0 Å². The fraction of sp³-hybridized carbons (Fsp3) is 0.316. The summed E-state index contributed by atoms with van der Waals surface area (Å²) in [5.41, 5.74) is 0.608. The molecule has 1 fully saturated rings. The topological polar surface area (TPSA) is 83.9 Å². The van der Waals surface area contributed by atoms with E-state index in [-0.39, 0.29) is 28.6 Å². The largest absolute Gasteiger partial charge is 0.481 e. The lowest BCUT2D eigenvalue weighted by Crippen LogP contribution is -2.39. The number of rotatable bonds is 6. The molecule has 146 valence electrons. The number of carboxylic acid groups (broad SMARTS) is 1. The number of nitrogens with zero attached hydrogens (tertiary/aromatic N) is 1. The standard InChI is InChI=1S/C19H21NO5S.ClH/c21-19(22)10-11-20-12-13-25-17(14-20)16-8-4-5-9-18(16)26(23,24)15-6-2-1-3-7-15;/h1-9,17H,10-14H2,(H,21,22);1H. The summed E-state index contributed by atoms with van der Waals surface area (Å²) in [5.74, 6) is -0.847. The summed E-state index contributed by atoms with van der Waals surface area (Å²) in [5, 5.41) is 8.87. The maximum Gasteiger partial charge on any atom is 0.304 e. The highest BCUT2D eigenvalue weighted by Crippen LogP contribution is 2.31. The second-order valence-corrected chi connectivity index (χ2v) is 8.08. The van der Waals surface area contributed by atoms with Crippen LogP contribution in [0.25, 0.3) is 0 Å². The zero-order valence-corrected chi connectivity index (χ0v) is 16.3. The Morgan fingerprint density at radius 1 is 1.11 bits per heavy atom. The average Bonchev–Trinajstić information content (AvgIpc) is 2.67. The highest BCUT2D eigenvalue weighted by Gasteiger charge is 2.29. The van der Waals surface area contributed by atoms with E-state index in [1.165, 1.54) is 0 Å². The number of hydrogen-bond acceptors (Lipinski definition) is 5. The van der Waals surface area contributed by atoms with Crippen LogP contribution in [0.4, 0.5) is 0 Å². The third-order valence-electron chi connectivity index (χ3n) is 4.40. The van der Waals surface area contributed by atoms with E-state index < -0.39 is 21.9 Å². The van der Waals surface area contributed by atoms with Crippen molar-refractivity contribution in [2.24, 2.45) is 0 Å². The monoisotopic (exact) mass is 411 g/mol. The van der Waals surface area contributed by atoms with Gasteiger partial charge in [-0.15, -0.1) is 12.4 Å². The summed E-state index contributed by atoms with van der Waals surface area (Å²) >= 11 is 0. The van der Waals surface area contributed by atoms with Crippen LogP contribution < -0.4 is 0 Å². The van der Waals surface area contributed by atoms with Gasteiger partial charge in [0.2, 0.25) is 9.84 Å². The first kappa shape index (κ1) is 21.4. The fourth-order valence-corrected chi connectivity index (χ4v) is 4.60. The van der Waals surface area contributed by atoms with E-state index in [0.29, 0.717) is 31.8 Å². The Kier molecular flexibility index (Phi) is 7.38. The number of hydrogen-bond donors (Lipinski definition) is 1. The quantitative estimate of drug-likeness (QED) is 0.786. The van der Waals surface area contributed by atoms with Gasteiger partial charge in [-0.3, -0.25) is 9.69 Å². The first-order chi connectivity index (χ1) is 12.5. The molecule has 0 amide bonds. The lowest BCUT2D eigenvalue weighted by atomic mass is 10.1. The van der Waals surface area contributed by atoms with Crippen LogP contribution in [0.2, 0.25) is 0 Å². The zero-order chi connectivity index (χ0) is 18.6. The van der Waals surface area contributed by atoms with Crippen molar-refractivity contribution < 1.29 is 23.1 Å². The molecule has 0 bridgehead atoms. The maximum atomic E-state index is 13.0. The molecule has 1 N–H and O–H groups in total. The molecule has 1 atom stereocenters. The van der Waals surface area contributed by atoms with Crippen LogP contribution in [0.3, 0.4) is 0 Å². The van der Waals surface area contributed by atoms with E-state index in [1.54, 1.807) is 54.6 Å². The summed E-state index contributed by atoms with van der Waals surface area (Å²) in [7, 11) is -3.65. The predicted octanol–water partition coefficient (Wildman–Crippen LogP) is 2.79. The highest BCUT2D eigenvalue weighted by atomic mass is 35.5. The highest BCUT2D eigenvalue weighted by molar-refractivity contribution is 7.91. The Labute approximate surface area is 165 Å². The molecule has 0 saturated carbocycles. The van der Waals surface area contributed by atoms with E-state index in [2.05, 4.69) is 0 Å².